The molecule has 0 aliphatic carbocycles. The summed E-state index contributed by atoms with van der Waals surface area (Å²) >= 11 is 0. The molecule has 2 aliphatic heterocycles. The molecular weight excluding hydrogens is 244 g/mol. The summed E-state index contributed by atoms with van der Waals surface area (Å²) < 4.78 is 5.42. The van der Waals surface area contributed by atoms with Crippen molar-refractivity contribution in [2.45, 2.75) is 39.2 Å². The Hall–Kier alpha value is -1.10. The lowest BCUT2D eigenvalue weighted by molar-refractivity contribution is -0.146. The van der Waals surface area contributed by atoms with Crippen LogP contribution in [0.25, 0.3) is 0 Å². The van der Waals surface area contributed by atoms with Crippen LogP contribution in [0.15, 0.2) is 0 Å². The molecule has 0 aromatic carbocycles. The molecule has 0 spiro atoms. The van der Waals surface area contributed by atoms with Crippen LogP contribution >= 0.6 is 0 Å². The highest BCUT2D eigenvalue weighted by atomic mass is 16.5. The van der Waals surface area contributed by atoms with Crippen molar-refractivity contribution in [2.24, 2.45) is 5.92 Å². The highest BCUT2D eigenvalue weighted by molar-refractivity contribution is 5.82. The summed E-state index contributed by atoms with van der Waals surface area (Å²) in [5.41, 5.74) is 0. The Bertz CT molecular complexity index is 330. The van der Waals surface area contributed by atoms with Crippen LogP contribution in [0, 0.1) is 5.92 Å². The molecule has 2 aliphatic rings. The first-order valence-electron chi connectivity index (χ1n) is 7.26. The third-order valence-corrected chi connectivity index (χ3v) is 3.73. The van der Waals surface area contributed by atoms with Crippen molar-refractivity contribution in [1.82, 2.24) is 9.80 Å². The minimum absolute atomic E-state index is 0.105. The normalized spacial score (nSPS) is 24.1. The van der Waals surface area contributed by atoms with E-state index < -0.39 is 0 Å². The van der Waals surface area contributed by atoms with Crippen molar-refractivity contribution < 1.29 is 14.3 Å². The van der Waals surface area contributed by atoms with E-state index in [0.29, 0.717) is 45.1 Å². The highest BCUT2D eigenvalue weighted by Crippen LogP contribution is 2.16. The average molecular weight is 268 g/mol. The first-order valence-corrected chi connectivity index (χ1v) is 7.26. The van der Waals surface area contributed by atoms with Crippen LogP contribution in [-0.2, 0) is 14.3 Å². The van der Waals surface area contributed by atoms with Crippen LogP contribution in [0.2, 0.25) is 0 Å². The van der Waals surface area contributed by atoms with E-state index in [4.69, 9.17) is 4.74 Å². The van der Waals surface area contributed by atoms with Gasteiger partial charge in [0.15, 0.2) is 0 Å². The molecule has 0 bridgehead atoms. The summed E-state index contributed by atoms with van der Waals surface area (Å²) in [5.74, 6) is 0.701. The molecule has 2 heterocycles. The molecule has 2 rings (SSSR count). The van der Waals surface area contributed by atoms with E-state index in [1.165, 1.54) is 0 Å². The van der Waals surface area contributed by atoms with Crippen molar-refractivity contribution in [1.29, 1.82) is 0 Å². The van der Waals surface area contributed by atoms with E-state index in [2.05, 4.69) is 13.8 Å². The predicted octanol–water partition coefficient (Wildman–Crippen LogP) is 0.882. The quantitative estimate of drug-likeness (QED) is 0.763. The van der Waals surface area contributed by atoms with Crippen molar-refractivity contribution in [2.75, 3.05) is 32.8 Å². The molecule has 0 radical (unpaired) electrons. The van der Waals surface area contributed by atoms with Crippen LogP contribution in [0.4, 0.5) is 0 Å². The minimum atomic E-state index is -0.238. The summed E-state index contributed by atoms with van der Waals surface area (Å²) in [6.45, 7) is 7.40. The van der Waals surface area contributed by atoms with E-state index in [1.54, 1.807) is 0 Å². The van der Waals surface area contributed by atoms with Gasteiger partial charge in [-0.3, -0.25) is 9.59 Å². The maximum Gasteiger partial charge on any atom is 0.251 e. The number of carbonyl (C=O) groups is 2. The Labute approximate surface area is 114 Å². The average Bonchev–Trinajstić information content (AvgIpc) is 2.91. The van der Waals surface area contributed by atoms with Crippen LogP contribution in [0.5, 0.6) is 0 Å². The van der Waals surface area contributed by atoms with Gasteiger partial charge < -0.3 is 14.5 Å². The second-order valence-electron chi connectivity index (χ2n) is 5.81. The fourth-order valence-corrected chi connectivity index (χ4v) is 2.63. The molecule has 5 nitrogen and oxygen atoms in total. The zero-order valence-electron chi connectivity index (χ0n) is 11.9. The molecule has 2 amide bonds. The van der Waals surface area contributed by atoms with Gasteiger partial charge in [0, 0.05) is 39.2 Å². The maximum atomic E-state index is 12.2. The Kier molecular flexibility index (Phi) is 4.80. The van der Waals surface area contributed by atoms with Gasteiger partial charge in [0.1, 0.15) is 6.10 Å². The summed E-state index contributed by atoms with van der Waals surface area (Å²) in [7, 11) is 0. The smallest absolute Gasteiger partial charge is 0.251 e. The topological polar surface area (TPSA) is 49.9 Å². The lowest BCUT2D eigenvalue weighted by Crippen LogP contribution is -2.52. The van der Waals surface area contributed by atoms with Gasteiger partial charge in [-0.05, 0) is 18.8 Å². The van der Waals surface area contributed by atoms with E-state index >= 15 is 0 Å². The number of ether oxygens (including phenoxy) is 1. The van der Waals surface area contributed by atoms with Gasteiger partial charge >= 0.3 is 0 Å². The third kappa shape index (κ3) is 3.69. The van der Waals surface area contributed by atoms with E-state index in [0.717, 1.165) is 12.8 Å². The zero-order chi connectivity index (χ0) is 13.8. The molecule has 0 aromatic rings. The largest absolute Gasteiger partial charge is 0.368 e. The molecular formula is C14H24N2O3. The Balaban J connectivity index is 1.78. The molecule has 1 unspecified atom stereocenters. The number of hydrogen-bond acceptors (Lipinski definition) is 3. The summed E-state index contributed by atoms with van der Waals surface area (Å²) in [5, 5.41) is 0. The Morgan fingerprint density at radius 1 is 1.16 bits per heavy atom. The first-order chi connectivity index (χ1) is 9.08. The van der Waals surface area contributed by atoms with Crippen molar-refractivity contribution in [3.63, 3.8) is 0 Å². The fraction of sp³-hybridized carbons (Fsp3) is 0.857. The Morgan fingerprint density at radius 2 is 1.79 bits per heavy atom. The van der Waals surface area contributed by atoms with Gasteiger partial charge in [0.25, 0.3) is 5.91 Å². The highest BCUT2D eigenvalue weighted by Gasteiger charge is 2.31. The second kappa shape index (κ2) is 6.37. The molecule has 5 heteroatoms. The minimum Gasteiger partial charge on any atom is -0.368 e. The van der Waals surface area contributed by atoms with Gasteiger partial charge in [0.2, 0.25) is 5.91 Å². The molecule has 2 fully saturated rings. The lowest BCUT2D eigenvalue weighted by Gasteiger charge is -2.36. The number of carbonyl (C=O) groups excluding carboxylic acids is 2. The number of amides is 2. The summed E-state index contributed by atoms with van der Waals surface area (Å²) in [4.78, 5) is 27.8. The van der Waals surface area contributed by atoms with E-state index in [-0.39, 0.29) is 17.9 Å². The molecule has 0 saturated carbocycles. The van der Waals surface area contributed by atoms with Gasteiger partial charge in [-0.2, -0.15) is 0 Å². The van der Waals surface area contributed by atoms with Crippen LogP contribution in [0.3, 0.4) is 0 Å². The number of nitrogens with zero attached hydrogens (tertiary/aromatic N) is 2. The second-order valence-corrected chi connectivity index (χ2v) is 5.81. The van der Waals surface area contributed by atoms with Crippen molar-refractivity contribution >= 4 is 11.8 Å². The lowest BCUT2D eigenvalue weighted by atomic mass is 10.1. The summed E-state index contributed by atoms with van der Waals surface area (Å²) in [6, 6.07) is 0. The zero-order valence-corrected chi connectivity index (χ0v) is 11.9. The predicted molar refractivity (Wildman–Crippen MR) is 71.6 cm³/mol. The monoisotopic (exact) mass is 268 g/mol. The standard InChI is InChI=1S/C14H24N2O3/c1-11(2)10-13(17)15-5-7-16(8-6-15)14(18)12-4-3-9-19-12/h11-12H,3-10H2,1-2H3. The third-order valence-electron chi connectivity index (χ3n) is 3.73. The van der Waals surface area contributed by atoms with Crippen LogP contribution < -0.4 is 0 Å². The van der Waals surface area contributed by atoms with Crippen LogP contribution in [0.1, 0.15) is 33.1 Å². The maximum absolute atomic E-state index is 12.2. The van der Waals surface area contributed by atoms with Crippen LogP contribution in [-0.4, -0.2) is 60.5 Å². The fourth-order valence-electron chi connectivity index (χ4n) is 2.63. The SMILES string of the molecule is CC(C)CC(=O)N1CCN(C(=O)C2CCCO2)CC1. The van der Waals surface area contributed by atoms with Crippen molar-refractivity contribution in [3.8, 4) is 0 Å². The van der Waals surface area contributed by atoms with E-state index in [1.807, 2.05) is 9.80 Å². The number of piperazine rings is 1. The first kappa shape index (κ1) is 14.3. The summed E-state index contributed by atoms with van der Waals surface area (Å²) in [6.07, 6.45) is 2.17. The number of hydrogen-bond donors (Lipinski definition) is 0. The van der Waals surface area contributed by atoms with Gasteiger partial charge in [-0.25, -0.2) is 0 Å². The molecule has 2 saturated heterocycles. The molecule has 19 heavy (non-hydrogen) atoms. The Morgan fingerprint density at radius 3 is 2.32 bits per heavy atom. The van der Waals surface area contributed by atoms with E-state index in [9.17, 15) is 9.59 Å². The number of rotatable bonds is 3. The molecule has 0 aromatic heterocycles. The molecule has 108 valence electrons. The van der Waals surface area contributed by atoms with Crippen molar-refractivity contribution in [3.05, 3.63) is 0 Å². The molecule has 1 atom stereocenters. The van der Waals surface area contributed by atoms with Gasteiger partial charge in [-0.1, -0.05) is 13.8 Å². The van der Waals surface area contributed by atoms with Gasteiger partial charge in [-0.15, -0.1) is 0 Å². The molecule has 0 N–H and O–H groups in total. The van der Waals surface area contributed by atoms with Gasteiger partial charge in [0.05, 0.1) is 0 Å².